The highest BCUT2D eigenvalue weighted by atomic mass is 35.5. The largest absolute Gasteiger partial charge is 0.431 e. The summed E-state index contributed by atoms with van der Waals surface area (Å²) in [6.45, 7) is 0.428. The maximum absolute atomic E-state index is 5.93. The number of thiocarbonyl (C=S) groups is 2. The maximum Gasteiger partial charge on any atom is 0.277 e. The number of benzene rings is 3. The van der Waals surface area contributed by atoms with Gasteiger partial charge in [-0.25, -0.2) is 4.90 Å². The summed E-state index contributed by atoms with van der Waals surface area (Å²) in [6.07, 6.45) is 0. The molecule has 0 saturated carbocycles. The second kappa shape index (κ2) is 10.0. The number of rotatable bonds is 4. The van der Waals surface area contributed by atoms with Gasteiger partial charge in [-0.1, -0.05) is 35.3 Å². The topological polar surface area (TPSA) is 47.7 Å². The Morgan fingerprint density at radius 3 is 1.52 bits per heavy atom. The molecule has 0 spiro atoms. The smallest absolute Gasteiger partial charge is 0.277 e. The summed E-state index contributed by atoms with van der Waals surface area (Å²) in [6, 6.07) is 21.2. The van der Waals surface area contributed by atoms with Crippen molar-refractivity contribution in [3.8, 4) is 11.5 Å². The fraction of sp³-hybridized carbons (Fsp3) is 0.0476. The van der Waals surface area contributed by atoms with Crippen molar-refractivity contribution >= 4 is 63.7 Å². The van der Waals surface area contributed by atoms with Crippen LogP contribution in [0.2, 0.25) is 10.0 Å². The fourth-order valence-corrected chi connectivity index (χ4v) is 3.24. The van der Waals surface area contributed by atoms with Gasteiger partial charge in [0.25, 0.3) is 10.3 Å². The molecule has 3 rings (SSSR count). The molecule has 3 aromatic rings. The van der Waals surface area contributed by atoms with Crippen molar-refractivity contribution in [1.82, 2.24) is 0 Å². The van der Waals surface area contributed by atoms with Crippen molar-refractivity contribution < 1.29 is 9.47 Å². The lowest BCUT2D eigenvalue weighted by atomic mass is 10.2. The second-order valence-electron chi connectivity index (χ2n) is 5.85. The van der Waals surface area contributed by atoms with Crippen LogP contribution in [0.25, 0.3) is 0 Å². The van der Waals surface area contributed by atoms with E-state index in [1.807, 2.05) is 24.3 Å². The van der Waals surface area contributed by atoms with Crippen molar-refractivity contribution in [2.45, 2.75) is 6.54 Å². The van der Waals surface area contributed by atoms with Gasteiger partial charge in [-0.3, -0.25) is 0 Å². The summed E-state index contributed by atoms with van der Waals surface area (Å²) in [4.78, 5) is 1.52. The Bertz CT molecular complexity index is 935. The third-order valence-electron chi connectivity index (χ3n) is 3.83. The number of nitrogens with two attached hydrogens (primary N) is 1. The molecule has 0 heterocycles. The van der Waals surface area contributed by atoms with E-state index in [1.54, 1.807) is 48.5 Å². The molecule has 0 saturated heterocycles. The zero-order valence-corrected chi connectivity index (χ0v) is 18.2. The van der Waals surface area contributed by atoms with Crippen LogP contribution in [-0.2, 0) is 6.54 Å². The second-order valence-corrected chi connectivity index (χ2v) is 7.42. The van der Waals surface area contributed by atoms with E-state index in [4.69, 9.17) is 62.8 Å². The highest BCUT2D eigenvalue weighted by molar-refractivity contribution is 7.82. The third kappa shape index (κ3) is 5.88. The van der Waals surface area contributed by atoms with Gasteiger partial charge in [0.05, 0.1) is 5.69 Å². The number of ether oxygens (including phenoxy) is 2. The normalized spacial score (nSPS) is 10.3. The Kier molecular flexibility index (Phi) is 7.41. The van der Waals surface area contributed by atoms with E-state index in [9.17, 15) is 0 Å². The van der Waals surface area contributed by atoms with Crippen LogP contribution in [0.5, 0.6) is 11.5 Å². The standard InChI is InChI=1S/C21H16Cl2N2O2S2/c22-15-3-9-18(10-4-15)26-20(28)25(17-7-1-14(13-24)2-8-17)21(29)27-19-11-5-16(23)6-12-19/h1-12H,13,24H2. The Balaban J connectivity index is 1.87. The average Bonchev–Trinajstić information content (AvgIpc) is 2.72. The third-order valence-corrected chi connectivity index (χ3v) is 4.87. The van der Waals surface area contributed by atoms with Gasteiger partial charge in [0, 0.05) is 16.6 Å². The summed E-state index contributed by atoms with van der Waals surface area (Å²) >= 11 is 22.9. The first-order chi connectivity index (χ1) is 14.0. The molecule has 0 unspecified atom stereocenters. The van der Waals surface area contributed by atoms with E-state index in [-0.39, 0.29) is 10.3 Å². The van der Waals surface area contributed by atoms with E-state index in [2.05, 4.69) is 0 Å². The van der Waals surface area contributed by atoms with Gasteiger partial charge in [0.2, 0.25) is 0 Å². The SMILES string of the molecule is NCc1ccc(N(C(=S)Oc2ccc(Cl)cc2)C(=S)Oc2ccc(Cl)cc2)cc1. The summed E-state index contributed by atoms with van der Waals surface area (Å²) in [5.41, 5.74) is 7.34. The number of hydrogen-bond acceptors (Lipinski definition) is 5. The molecule has 0 radical (unpaired) electrons. The maximum atomic E-state index is 5.93. The molecular weight excluding hydrogens is 447 g/mol. The highest BCUT2D eigenvalue weighted by Crippen LogP contribution is 2.23. The molecule has 29 heavy (non-hydrogen) atoms. The molecule has 148 valence electrons. The lowest BCUT2D eigenvalue weighted by molar-refractivity contribution is 0.530. The van der Waals surface area contributed by atoms with E-state index in [1.165, 1.54) is 4.90 Å². The molecule has 0 aliphatic rings. The Morgan fingerprint density at radius 1 is 0.724 bits per heavy atom. The number of hydrogen-bond donors (Lipinski definition) is 1. The molecule has 0 atom stereocenters. The molecule has 0 aliphatic carbocycles. The molecule has 0 aliphatic heterocycles. The van der Waals surface area contributed by atoms with Crippen LogP contribution in [0.1, 0.15) is 5.56 Å². The zero-order chi connectivity index (χ0) is 20.8. The van der Waals surface area contributed by atoms with Crippen molar-refractivity contribution in [3.05, 3.63) is 88.4 Å². The number of halogens is 2. The number of anilines is 1. The Labute approximate surface area is 189 Å². The van der Waals surface area contributed by atoms with Crippen LogP contribution in [0.4, 0.5) is 5.69 Å². The van der Waals surface area contributed by atoms with E-state index < -0.39 is 0 Å². The predicted molar refractivity (Wildman–Crippen MR) is 126 cm³/mol. The number of nitrogens with zero attached hydrogens (tertiary/aromatic N) is 1. The molecule has 0 amide bonds. The minimum absolute atomic E-state index is 0.104. The van der Waals surface area contributed by atoms with Gasteiger partial charge < -0.3 is 15.2 Å². The first kappa shape index (κ1) is 21.5. The summed E-state index contributed by atoms with van der Waals surface area (Å²) in [7, 11) is 0. The van der Waals surface area contributed by atoms with Crippen LogP contribution in [0.15, 0.2) is 72.8 Å². The van der Waals surface area contributed by atoms with E-state index in [0.29, 0.717) is 33.8 Å². The van der Waals surface area contributed by atoms with Crippen molar-refractivity contribution in [1.29, 1.82) is 0 Å². The lowest BCUT2D eigenvalue weighted by Crippen LogP contribution is -2.40. The van der Waals surface area contributed by atoms with Gasteiger partial charge in [-0.15, -0.1) is 0 Å². The highest BCUT2D eigenvalue weighted by Gasteiger charge is 2.21. The Hall–Kier alpha value is -2.22. The minimum atomic E-state index is 0.104. The Morgan fingerprint density at radius 2 is 1.14 bits per heavy atom. The molecular formula is C21H16Cl2N2O2S2. The van der Waals surface area contributed by atoms with E-state index >= 15 is 0 Å². The van der Waals surface area contributed by atoms with Gasteiger partial charge >= 0.3 is 0 Å². The van der Waals surface area contributed by atoms with Gasteiger partial charge in [0.1, 0.15) is 11.5 Å². The van der Waals surface area contributed by atoms with E-state index in [0.717, 1.165) is 5.56 Å². The average molecular weight is 463 g/mol. The molecule has 2 N–H and O–H groups in total. The first-order valence-corrected chi connectivity index (χ1v) is 10.1. The summed E-state index contributed by atoms with van der Waals surface area (Å²) in [5.74, 6) is 1.05. The van der Waals surface area contributed by atoms with Crippen molar-refractivity contribution in [2.75, 3.05) is 4.90 Å². The molecule has 8 heteroatoms. The monoisotopic (exact) mass is 462 g/mol. The molecule has 4 nitrogen and oxygen atoms in total. The van der Waals surface area contributed by atoms with Crippen LogP contribution in [0.3, 0.4) is 0 Å². The molecule has 0 bridgehead atoms. The van der Waals surface area contributed by atoms with Crippen LogP contribution in [-0.4, -0.2) is 10.3 Å². The van der Waals surface area contributed by atoms with Crippen LogP contribution < -0.4 is 20.1 Å². The molecule has 0 aromatic heterocycles. The molecule has 0 fully saturated rings. The first-order valence-electron chi connectivity index (χ1n) is 8.50. The quantitative estimate of drug-likeness (QED) is 0.480. The van der Waals surface area contributed by atoms with Crippen LogP contribution in [0, 0.1) is 0 Å². The van der Waals surface area contributed by atoms with Gasteiger partial charge in [-0.2, -0.15) is 0 Å². The lowest BCUT2D eigenvalue weighted by Gasteiger charge is -2.25. The van der Waals surface area contributed by atoms with Gasteiger partial charge in [0.15, 0.2) is 0 Å². The van der Waals surface area contributed by atoms with Crippen molar-refractivity contribution in [2.24, 2.45) is 5.73 Å². The van der Waals surface area contributed by atoms with Gasteiger partial charge in [-0.05, 0) is 90.7 Å². The van der Waals surface area contributed by atoms with Crippen LogP contribution >= 0.6 is 47.6 Å². The fourth-order valence-electron chi connectivity index (χ4n) is 2.36. The summed E-state index contributed by atoms with van der Waals surface area (Å²) < 4.78 is 11.6. The summed E-state index contributed by atoms with van der Waals surface area (Å²) in [5, 5.41) is 1.40. The minimum Gasteiger partial charge on any atom is -0.431 e. The predicted octanol–water partition coefficient (Wildman–Crippen LogP) is 5.99. The zero-order valence-electron chi connectivity index (χ0n) is 15.0. The molecule has 3 aromatic carbocycles. The van der Waals surface area contributed by atoms with Crippen molar-refractivity contribution in [3.63, 3.8) is 0 Å².